The van der Waals surface area contributed by atoms with Crippen LogP contribution in [0.3, 0.4) is 0 Å². The molecular weight excluding hydrogens is 313 g/mol. The third kappa shape index (κ3) is 3.97. The summed E-state index contributed by atoms with van der Waals surface area (Å²) in [6.07, 6.45) is 3.11. The molecule has 1 amide bonds. The second-order valence-electron chi connectivity index (χ2n) is 4.21. The van der Waals surface area contributed by atoms with Gasteiger partial charge in [-0.25, -0.2) is 4.98 Å². The molecule has 2 rings (SSSR count). The van der Waals surface area contributed by atoms with Crippen molar-refractivity contribution in [2.24, 2.45) is 0 Å². The molecular formula is C14H11Cl2N3O2. The zero-order valence-electron chi connectivity index (χ0n) is 10.9. The number of nitrogens with zero attached hydrogens (tertiary/aromatic N) is 3. The summed E-state index contributed by atoms with van der Waals surface area (Å²) in [7, 11) is 0. The number of rotatable bonds is 5. The first-order valence-electron chi connectivity index (χ1n) is 6.11. The van der Waals surface area contributed by atoms with Crippen molar-refractivity contribution in [2.75, 3.05) is 6.54 Å². The standard InChI is InChI=1S/C14H11Cl2N3O2/c15-12-7-10(8-18-13(12)16)14(20)19(5-2-4-17)9-11-3-1-6-21-11/h1,3,6-8H,2,5,9H2. The number of pyridine rings is 1. The Kier molecular flexibility index (Phi) is 5.20. The fourth-order valence-electron chi connectivity index (χ4n) is 1.75. The van der Waals surface area contributed by atoms with Gasteiger partial charge in [0.2, 0.25) is 0 Å². The molecule has 0 atom stereocenters. The highest BCUT2D eigenvalue weighted by molar-refractivity contribution is 6.41. The molecule has 0 aliphatic rings. The van der Waals surface area contributed by atoms with E-state index < -0.39 is 0 Å². The molecule has 0 radical (unpaired) electrons. The highest BCUT2D eigenvalue weighted by Gasteiger charge is 2.18. The number of carbonyl (C=O) groups is 1. The quantitative estimate of drug-likeness (QED) is 0.789. The second-order valence-corrected chi connectivity index (χ2v) is 4.98. The summed E-state index contributed by atoms with van der Waals surface area (Å²) < 4.78 is 5.23. The molecule has 7 heteroatoms. The lowest BCUT2D eigenvalue weighted by Gasteiger charge is -2.20. The van der Waals surface area contributed by atoms with Crippen LogP contribution in [0.25, 0.3) is 0 Å². The Morgan fingerprint density at radius 2 is 2.29 bits per heavy atom. The molecule has 2 heterocycles. The van der Waals surface area contributed by atoms with Crippen molar-refractivity contribution in [3.05, 3.63) is 52.2 Å². The molecule has 2 aromatic heterocycles. The first-order chi connectivity index (χ1) is 10.1. The fraction of sp³-hybridized carbons (Fsp3) is 0.214. The average Bonchev–Trinajstić information content (AvgIpc) is 2.98. The molecule has 0 aromatic carbocycles. The minimum atomic E-state index is -0.285. The number of amides is 1. The van der Waals surface area contributed by atoms with Crippen molar-refractivity contribution in [1.82, 2.24) is 9.88 Å². The third-order valence-electron chi connectivity index (χ3n) is 2.75. The van der Waals surface area contributed by atoms with E-state index in [2.05, 4.69) is 4.98 Å². The van der Waals surface area contributed by atoms with E-state index in [0.29, 0.717) is 11.3 Å². The maximum Gasteiger partial charge on any atom is 0.255 e. The number of halogens is 2. The Labute approximate surface area is 131 Å². The predicted octanol–water partition coefficient (Wildman–Crippen LogP) is 3.54. The van der Waals surface area contributed by atoms with Gasteiger partial charge in [-0.1, -0.05) is 23.2 Å². The molecule has 108 valence electrons. The van der Waals surface area contributed by atoms with E-state index in [4.69, 9.17) is 32.9 Å². The Hall–Kier alpha value is -2.03. The van der Waals surface area contributed by atoms with Gasteiger partial charge in [0.05, 0.1) is 35.9 Å². The second kappa shape index (κ2) is 7.11. The van der Waals surface area contributed by atoms with E-state index in [1.165, 1.54) is 23.4 Å². The number of furan rings is 1. The summed E-state index contributed by atoms with van der Waals surface area (Å²) in [4.78, 5) is 17.8. The van der Waals surface area contributed by atoms with Gasteiger partial charge < -0.3 is 9.32 Å². The van der Waals surface area contributed by atoms with Gasteiger partial charge in [-0.05, 0) is 18.2 Å². The number of carbonyl (C=O) groups excluding carboxylic acids is 1. The van der Waals surface area contributed by atoms with E-state index in [1.807, 2.05) is 6.07 Å². The molecule has 0 spiro atoms. The molecule has 0 fully saturated rings. The number of hydrogen-bond donors (Lipinski definition) is 0. The van der Waals surface area contributed by atoms with Gasteiger partial charge in [0.15, 0.2) is 0 Å². The lowest BCUT2D eigenvalue weighted by molar-refractivity contribution is 0.0735. The van der Waals surface area contributed by atoms with E-state index in [9.17, 15) is 4.79 Å². The van der Waals surface area contributed by atoms with Crippen LogP contribution < -0.4 is 0 Å². The molecule has 0 saturated heterocycles. The Morgan fingerprint density at radius 3 is 2.90 bits per heavy atom. The van der Waals surface area contributed by atoms with Crippen LogP contribution in [-0.2, 0) is 6.54 Å². The van der Waals surface area contributed by atoms with Crippen LogP contribution in [0, 0.1) is 11.3 Å². The Bertz CT molecular complexity index is 665. The number of nitriles is 1. The zero-order chi connectivity index (χ0) is 15.2. The van der Waals surface area contributed by atoms with Gasteiger partial charge in [0, 0.05) is 12.7 Å². The largest absolute Gasteiger partial charge is 0.467 e. The van der Waals surface area contributed by atoms with E-state index in [-0.39, 0.29) is 35.6 Å². The van der Waals surface area contributed by atoms with Gasteiger partial charge in [-0.15, -0.1) is 0 Å². The molecule has 0 aliphatic heterocycles. The van der Waals surface area contributed by atoms with E-state index in [1.54, 1.807) is 12.1 Å². The molecule has 0 N–H and O–H groups in total. The maximum atomic E-state index is 12.5. The molecule has 0 unspecified atom stereocenters. The van der Waals surface area contributed by atoms with Gasteiger partial charge in [0.1, 0.15) is 10.9 Å². The molecule has 0 saturated carbocycles. The highest BCUT2D eigenvalue weighted by Crippen LogP contribution is 2.21. The average molecular weight is 324 g/mol. The monoisotopic (exact) mass is 323 g/mol. The number of aromatic nitrogens is 1. The Morgan fingerprint density at radius 1 is 1.48 bits per heavy atom. The van der Waals surface area contributed by atoms with Crippen LogP contribution in [0.2, 0.25) is 10.2 Å². The van der Waals surface area contributed by atoms with E-state index >= 15 is 0 Å². The summed E-state index contributed by atoms with van der Waals surface area (Å²) in [6.45, 7) is 0.560. The van der Waals surface area contributed by atoms with Crippen molar-refractivity contribution >= 4 is 29.1 Å². The normalized spacial score (nSPS) is 10.1. The lowest BCUT2D eigenvalue weighted by atomic mass is 10.2. The van der Waals surface area contributed by atoms with Crippen molar-refractivity contribution < 1.29 is 9.21 Å². The summed E-state index contributed by atoms with van der Waals surface area (Å²) >= 11 is 11.6. The lowest BCUT2D eigenvalue weighted by Crippen LogP contribution is -2.31. The van der Waals surface area contributed by atoms with Crippen molar-refractivity contribution in [3.63, 3.8) is 0 Å². The van der Waals surface area contributed by atoms with Crippen LogP contribution in [0.1, 0.15) is 22.5 Å². The van der Waals surface area contributed by atoms with E-state index in [0.717, 1.165) is 0 Å². The molecule has 5 nitrogen and oxygen atoms in total. The number of hydrogen-bond acceptors (Lipinski definition) is 4. The van der Waals surface area contributed by atoms with Crippen molar-refractivity contribution in [3.8, 4) is 6.07 Å². The van der Waals surface area contributed by atoms with Crippen molar-refractivity contribution in [2.45, 2.75) is 13.0 Å². The van der Waals surface area contributed by atoms with Gasteiger partial charge >= 0.3 is 0 Å². The predicted molar refractivity (Wildman–Crippen MR) is 77.9 cm³/mol. The smallest absolute Gasteiger partial charge is 0.255 e. The molecule has 0 bridgehead atoms. The van der Waals surface area contributed by atoms with Crippen molar-refractivity contribution in [1.29, 1.82) is 5.26 Å². The highest BCUT2D eigenvalue weighted by atomic mass is 35.5. The minimum Gasteiger partial charge on any atom is -0.467 e. The summed E-state index contributed by atoms with van der Waals surface area (Å²) in [5.74, 6) is 0.349. The molecule has 0 aliphatic carbocycles. The summed E-state index contributed by atoms with van der Waals surface area (Å²) in [5, 5.41) is 9.06. The minimum absolute atomic E-state index is 0.142. The summed E-state index contributed by atoms with van der Waals surface area (Å²) in [5.41, 5.74) is 0.314. The fourth-order valence-corrected chi connectivity index (χ4v) is 2.02. The molecule has 2 aromatic rings. The van der Waals surface area contributed by atoms with Crippen LogP contribution in [-0.4, -0.2) is 22.3 Å². The maximum absolute atomic E-state index is 12.5. The van der Waals surface area contributed by atoms with Gasteiger partial charge in [-0.2, -0.15) is 5.26 Å². The third-order valence-corrected chi connectivity index (χ3v) is 3.44. The van der Waals surface area contributed by atoms with Crippen LogP contribution >= 0.6 is 23.2 Å². The molecule has 21 heavy (non-hydrogen) atoms. The zero-order valence-corrected chi connectivity index (χ0v) is 12.4. The topological polar surface area (TPSA) is 70.1 Å². The van der Waals surface area contributed by atoms with Gasteiger partial charge in [0.25, 0.3) is 5.91 Å². The SMILES string of the molecule is N#CCCN(Cc1ccco1)C(=O)c1cnc(Cl)c(Cl)c1. The summed E-state index contributed by atoms with van der Waals surface area (Å²) in [6, 6.07) is 6.98. The van der Waals surface area contributed by atoms with Gasteiger partial charge in [-0.3, -0.25) is 4.79 Å². The Balaban J connectivity index is 2.20. The van der Waals surface area contributed by atoms with Crippen LogP contribution in [0.4, 0.5) is 0 Å². The van der Waals surface area contributed by atoms with Crippen LogP contribution in [0.15, 0.2) is 35.1 Å². The first kappa shape index (κ1) is 15.4. The van der Waals surface area contributed by atoms with Crippen LogP contribution in [0.5, 0.6) is 0 Å². The first-order valence-corrected chi connectivity index (χ1v) is 6.87.